The lowest BCUT2D eigenvalue weighted by molar-refractivity contribution is -0.139. The number of unbranched alkanes of at least 4 members (excludes halogenated alkanes) is 1. The van der Waals surface area contributed by atoms with E-state index in [1.54, 1.807) is 6.07 Å². The highest BCUT2D eigenvalue weighted by molar-refractivity contribution is 7.92. The number of para-hydroxylation sites is 1. The maximum absolute atomic E-state index is 14.3. The van der Waals surface area contributed by atoms with Gasteiger partial charge in [0.15, 0.2) is 0 Å². The summed E-state index contributed by atoms with van der Waals surface area (Å²) in [5, 5.41) is 2.73. The fourth-order valence-corrected chi connectivity index (χ4v) is 4.03. The number of amides is 2. The molecule has 0 heterocycles. The minimum absolute atomic E-state index is 0.163. The Morgan fingerprint density at radius 1 is 1.03 bits per heavy atom. The van der Waals surface area contributed by atoms with Gasteiger partial charge in [-0.3, -0.25) is 13.9 Å². The largest absolute Gasteiger partial charge is 0.354 e. The Morgan fingerprint density at radius 2 is 1.64 bits per heavy atom. The zero-order chi connectivity index (χ0) is 24.6. The Bertz CT molecular complexity index is 1080. The normalized spacial score (nSPS) is 12.2. The summed E-state index contributed by atoms with van der Waals surface area (Å²) >= 11 is 0. The number of nitrogens with one attached hydrogen (secondary N) is 1. The summed E-state index contributed by atoms with van der Waals surface area (Å²) < 4.78 is 54.0. The fourth-order valence-electron chi connectivity index (χ4n) is 3.18. The Labute approximate surface area is 193 Å². The molecule has 2 aromatic rings. The van der Waals surface area contributed by atoms with Crippen LogP contribution >= 0.6 is 0 Å². The molecule has 1 atom stereocenters. The van der Waals surface area contributed by atoms with Gasteiger partial charge in [0.1, 0.15) is 24.2 Å². The minimum Gasteiger partial charge on any atom is -0.354 e. The molecule has 2 amide bonds. The van der Waals surface area contributed by atoms with Crippen molar-refractivity contribution in [3.63, 3.8) is 0 Å². The third-order valence-electron chi connectivity index (χ3n) is 5.10. The first-order chi connectivity index (χ1) is 15.6. The molecule has 0 aromatic heterocycles. The van der Waals surface area contributed by atoms with Crippen LogP contribution in [0.5, 0.6) is 0 Å². The smallest absolute Gasteiger partial charge is 0.244 e. The van der Waals surface area contributed by atoms with Crippen molar-refractivity contribution >= 4 is 27.5 Å². The highest BCUT2D eigenvalue weighted by Gasteiger charge is 2.31. The molecule has 2 rings (SSSR count). The number of sulfonamides is 1. The van der Waals surface area contributed by atoms with Crippen LogP contribution in [-0.2, 0) is 26.2 Å². The van der Waals surface area contributed by atoms with Crippen LogP contribution < -0.4 is 9.62 Å². The molecule has 0 aliphatic rings. The van der Waals surface area contributed by atoms with Crippen molar-refractivity contribution in [3.8, 4) is 0 Å². The molecule has 180 valence electrons. The van der Waals surface area contributed by atoms with Crippen molar-refractivity contribution in [2.45, 2.75) is 39.3 Å². The van der Waals surface area contributed by atoms with Crippen LogP contribution in [0.25, 0.3) is 0 Å². The number of anilines is 1. The molecule has 0 aliphatic heterocycles. The predicted molar refractivity (Wildman–Crippen MR) is 123 cm³/mol. The zero-order valence-corrected chi connectivity index (χ0v) is 19.7. The second kappa shape index (κ2) is 11.7. The molecule has 0 fully saturated rings. The van der Waals surface area contributed by atoms with Crippen molar-refractivity contribution in [2.24, 2.45) is 0 Å². The van der Waals surface area contributed by atoms with E-state index in [1.165, 1.54) is 43.3 Å². The molecule has 0 radical (unpaired) electrons. The van der Waals surface area contributed by atoms with E-state index < -0.39 is 46.1 Å². The minimum atomic E-state index is -4.04. The van der Waals surface area contributed by atoms with Gasteiger partial charge in [-0.2, -0.15) is 0 Å². The van der Waals surface area contributed by atoms with E-state index in [4.69, 9.17) is 0 Å². The van der Waals surface area contributed by atoms with E-state index in [0.29, 0.717) is 10.8 Å². The number of nitrogens with zero attached hydrogens (tertiary/aromatic N) is 2. The number of hydrogen-bond donors (Lipinski definition) is 1. The van der Waals surface area contributed by atoms with Crippen LogP contribution in [0.3, 0.4) is 0 Å². The zero-order valence-electron chi connectivity index (χ0n) is 18.9. The van der Waals surface area contributed by atoms with Crippen LogP contribution in [0.2, 0.25) is 0 Å². The van der Waals surface area contributed by atoms with E-state index in [1.807, 2.05) is 6.92 Å². The Hall–Kier alpha value is -3.01. The molecular weight excluding hydrogens is 452 g/mol. The molecule has 2 aromatic carbocycles. The Kier molecular flexibility index (Phi) is 9.33. The van der Waals surface area contributed by atoms with Gasteiger partial charge in [-0.15, -0.1) is 0 Å². The van der Waals surface area contributed by atoms with Crippen molar-refractivity contribution in [1.29, 1.82) is 0 Å². The molecule has 7 nitrogen and oxygen atoms in total. The van der Waals surface area contributed by atoms with Crippen molar-refractivity contribution < 1.29 is 26.8 Å². The standard InChI is InChI=1S/C23H29F2N3O4S/c1-4-5-14-26-23(30)17(2)27(15-18-10-6-7-11-19(18)24)22(29)16-28(33(3,31)32)21-13-9-8-12-20(21)25/h6-13,17H,4-5,14-16H2,1-3H3,(H,26,30)/t17-/m0/s1. The SMILES string of the molecule is CCCCNC(=O)[C@H](C)N(Cc1ccccc1F)C(=O)CN(c1ccccc1F)S(C)(=O)=O. The van der Waals surface area contributed by atoms with Crippen molar-refractivity contribution in [1.82, 2.24) is 10.2 Å². The third kappa shape index (κ3) is 7.24. The van der Waals surface area contributed by atoms with E-state index >= 15 is 0 Å². The summed E-state index contributed by atoms with van der Waals surface area (Å²) in [5.74, 6) is -2.61. The van der Waals surface area contributed by atoms with Gasteiger partial charge in [-0.05, 0) is 31.5 Å². The van der Waals surface area contributed by atoms with Gasteiger partial charge >= 0.3 is 0 Å². The first-order valence-electron chi connectivity index (χ1n) is 10.6. The van der Waals surface area contributed by atoms with Crippen LogP contribution in [0.1, 0.15) is 32.3 Å². The van der Waals surface area contributed by atoms with Gasteiger partial charge in [0, 0.05) is 18.7 Å². The molecule has 0 bridgehead atoms. The van der Waals surface area contributed by atoms with Crippen LogP contribution in [0.4, 0.5) is 14.5 Å². The van der Waals surface area contributed by atoms with E-state index in [9.17, 15) is 26.8 Å². The first-order valence-corrected chi connectivity index (χ1v) is 12.4. The second-order valence-electron chi connectivity index (χ2n) is 7.65. The molecule has 0 unspecified atom stereocenters. The maximum Gasteiger partial charge on any atom is 0.244 e. The van der Waals surface area contributed by atoms with E-state index in [0.717, 1.165) is 30.1 Å². The lowest BCUT2D eigenvalue weighted by Crippen LogP contribution is -2.51. The summed E-state index contributed by atoms with van der Waals surface area (Å²) in [7, 11) is -4.04. The fraction of sp³-hybridized carbons (Fsp3) is 0.391. The second-order valence-corrected chi connectivity index (χ2v) is 9.56. The maximum atomic E-state index is 14.3. The summed E-state index contributed by atoms with van der Waals surface area (Å²) in [5.41, 5.74) is -0.130. The van der Waals surface area contributed by atoms with Gasteiger partial charge in [0.2, 0.25) is 21.8 Å². The van der Waals surface area contributed by atoms with Gasteiger partial charge in [0.05, 0.1) is 11.9 Å². The summed E-state index contributed by atoms with van der Waals surface area (Å²) in [6.45, 7) is 2.84. The van der Waals surface area contributed by atoms with Crippen molar-refractivity contribution in [3.05, 3.63) is 65.7 Å². The number of carbonyl (C=O) groups excluding carboxylic acids is 2. The molecule has 0 aliphatic carbocycles. The number of halogens is 2. The molecule has 33 heavy (non-hydrogen) atoms. The number of hydrogen-bond acceptors (Lipinski definition) is 4. The topological polar surface area (TPSA) is 86.8 Å². The molecule has 10 heteroatoms. The number of carbonyl (C=O) groups is 2. The highest BCUT2D eigenvalue weighted by Crippen LogP contribution is 2.22. The molecule has 0 spiro atoms. The first kappa shape index (κ1) is 26.2. The van der Waals surface area contributed by atoms with Crippen LogP contribution in [0, 0.1) is 11.6 Å². The number of rotatable bonds is 11. The van der Waals surface area contributed by atoms with E-state index in [2.05, 4.69) is 5.32 Å². The van der Waals surface area contributed by atoms with E-state index in [-0.39, 0.29) is 17.8 Å². The quantitative estimate of drug-likeness (QED) is 0.500. The monoisotopic (exact) mass is 481 g/mol. The third-order valence-corrected chi connectivity index (χ3v) is 6.22. The summed E-state index contributed by atoms with van der Waals surface area (Å²) in [4.78, 5) is 27.0. The molecule has 0 saturated heterocycles. The Morgan fingerprint density at radius 3 is 2.21 bits per heavy atom. The lowest BCUT2D eigenvalue weighted by atomic mass is 10.1. The van der Waals surface area contributed by atoms with Gasteiger partial charge in [-0.1, -0.05) is 43.7 Å². The molecule has 1 N–H and O–H groups in total. The van der Waals surface area contributed by atoms with Crippen molar-refractivity contribution in [2.75, 3.05) is 23.7 Å². The molecule has 0 saturated carbocycles. The average molecular weight is 482 g/mol. The highest BCUT2D eigenvalue weighted by atomic mass is 32.2. The van der Waals surface area contributed by atoms with Gasteiger partial charge in [-0.25, -0.2) is 17.2 Å². The molecular formula is C23H29F2N3O4S. The predicted octanol–water partition coefficient (Wildman–Crippen LogP) is 3.06. The summed E-state index contributed by atoms with van der Waals surface area (Å²) in [6, 6.07) is 9.94. The van der Waals surface area contributed by atoms with Gasteiger partial charge in [0.25, 0.3) is 0 Å². The summed E-state index contributed by atoms with van der Waals surface area (Å²) in [6.07, 6.45) is 2.46. The number of benzene rings is 2. The van der Waals surface area contributed by atoms with Crippen LogP contribution in [0.15, 0.2) is 48.5 Å². The lowest BCUT2D eigenvalue weighted by Gasteiger charge is -2.31. The average Bonchev–Trinajstić information content (AvgIpc) is 2.76. The van der Waals surface area contributed by atoms with Gasteiger partial charge < -0.3 is 10.2 Å². The van der Waals surface area contributed by atoms with Crippen LogP contribution in [-0.4, -0.2) is 50.5 Å². The Balaban J connectivity index is 2.37.